The summed E-state index contributed by atoms with van der Waals surface area (Å²) in [4.78, 5) is 22.7. The van der Waals surface area contributed by atoms with Crippen molar-refractivity contribution in [2.45, 2.75) is 218 Å². The highest BCUT2D eigenvalue weighted by molar-refractivity contribution is 7.47. The van der Waals surface area contributed by atoms with Crippen LogP contribution in [0.1, 0.15) is 200 Å². The Bertz CT molecular complexity index is 888. The first-order valence-electron chi connectivity index (χ1n) is 21.5. The Hall–Kier alpha value is -1.06. The van der Waals surface area contributed by atoms with Gasteiger partial charge in [0.1, 0.15) is 0 Å². The molecule has 308 valence electrons. The molecule has 0 aliphatic heterocycles. The highest BCUT2D eigenvalue weighted by Crippen LogP contribution is 2.43. The number of nitrogens with two attached hydrogens (primary N) is 1. The summed E-state index contributed by atoms with van der Waals surface area (Å²) in [6.07, 6.45) is 39.7. The number of unbranched alkanes of at least 4 members (excludes halogenated alkanes) is 24. The predicted octanol–water partition coefficient (Wildman–Crippen LogP) is 10.8. The first-order chi connectivity index (χ1) is 25.3. The van der Waals surface area contributed by atoms with Crippen molar-refractivity contribution in [3.8, 4) is 0 Å². The molecule has 52 heavy (non-hydrogen) atoms. The van der Waals surface area contributed by atoms with Crippen LogP contribution >= 0.6 is 7.82 Å². The summed E-state index contributed by atoms with van der Waals surface area (Å²) in [7, 11) is -4.40. The lowest BCUT2D eigenvalue weighted by molar-refractivity contribution is -0.124. The number of rotatable bonds is 40. The van der Waals surface area contributed by atoms with Gasteiger partial charge in [-0.3, -0.25) is 13.8 Å². The zero-order valence-electron chi connectivity index (χ0n) is 33.7. The molecule has 0 radical (unpaired) electrons. The maximum Gasteiger partial charge on any atom is 0.472 e. The SMILES string of the molecule is CCCCCCCCCC/C=C\CCCCCCCC(O)CC(=O)NC(COP(=O)(O)OCCN)C(O)/C=C/CCCCCCCCCCCCC. The van der Waals surface area contributed by atoms with Gasteiger partial charge in [0.05, 0.1) is 37.9 Å². The van der Waals surface area contributed by atoms with Crippen molar-refractivity contribution in [1.29, 1.82) is 0 Å². The van der Waals surface area contributed by atoms with E-state index in [1.165, 1.54) is 122 Å². The number of aliphatic hydroxyl groups excluding tert-OH is 2. The molecule has 0 heterocycles. The Morgan fingerprint density at radius 2 is 1.08 bits per heavy atom. The van der Waals surface area contributed by atoms with E-state index in [9.17, 15) is 24.5 Å². The van der Waals surface area contributed by atoms with Crippen molar-refractivity contribution in [2.24, 2.45) is 5.73 Å². The smallest absolute Gasteiger partial charge is 0.393 e. The Morgan fingerprint density at radius 3 is 1.54 bits per heavy atom. The molecule has 4 atom stereocenters. The number of carbonyl (C=O) groups is 1. The molecule has 0 bridgehead atoms. The summed E-state index contributed by atoms with van der Waals surface area (Å²) in [5, 5.41) is 24.0. The minimum absolute atomic E-state index is 0.0488. The average molecular weight is 759 g/mol. The molecule has 0 aliphatic rings. The Labute approximate surface area is 320 Å². The summed E-state index contributed by atoms with van der Waals surface area (Å²) in [5.41, 5.74) is 5.36. The fourth-order valence-corrected chi connectivity index (χ4v) is 7.05. The summed E-state index contributed by atoms with van der Waals surface area (Å²) in [5.74, 6) is -0.451. The highest BCUT2D eigenvalue weighted by atomic mass is 31.2. The van der Waals surface area contributed by atoms with Crippen LogP contribution in [0.3, 0.4) is 0 Å². The zero-order valence-corrected chi connectivity index (χ0v) is 34.6. The summed E-state index contributed by atoms with van der Waals surface area (Å²) in [6.45, 7) is 3.96. The zero-order chi connectivity index (χ0) is 38.4. The molecule has 0 spiro atoms. The second-order valence-corrected chi connectivity index (χ2v) is 16.2. The molecule has 0 fully saturated rings. The molecule has 6 N–H and O–H groups in total. The molecule has 0 aromatic rings. The molecule has 10 heteroatoms. The lowest BCUT2D eigenvalue weighted by Crippen LogP contribution is -2.46. The number of nitrogens with one attached hydrogen (secondary N) is 1. The van der Waals surface area contributed by atoms with E-state index in [2.05, 4.69) is 31.3 Å². The summed E-state index contributed by atoms with van der Waals surface area (Å²) in [6, 6.07) is -0.982. The molecule has 9 nitrogen and oxygen atoms in total. The number of allylic oxidation sites excluding steroid dienone is 3. The van der Waals surface area contributed by atoms with Gasteiger partial charge in [-0.25, -0.2) is 4.57 Å². The molecule has 0 aliphatic carbocycles. The van der Waals surface area contributed by atoms with Crippen LogP contribution in [0.25, 0.3) is 0 Å². The molecule has 4 unspecified atom stereocenters. The molecule has 0 aromatic heterocycles. The topological polar surface area (TPSA) is 151 Å². The van der Waals surface area contributed by atoms with Gasteiger partial charge in [-0.1, -0.05) is 173 Å². The number of aliphatic hydroxyl groups is 2. The third kappa shape index (κ3) is 35.9. The van der Waals surface area contributed by atoms with Crippen molar-refractivity contribution >= 4 is 13.7 Å². The van der Waals surface area contributed by atoms with E-state index in [4.69, 9.17) is 14.8 Å². The maximum atomic E-state index is 12.8. The van der Waals surface area contributed by atoms with E-state index in [0.717, 1.165) is 51.4 Å². The van der Waals surface area contributed by atoms with Gasteiger partial charge in [0.2, 0.25) is 5.91 Å². The van der Waals surface area contributed by atoms with Crippen molar-refractivity contribution in [2.75, 3.05) is 19.8 Å². The molecule has 0 saturated carbocycles. The standard InChI is InChI=1S/C42H83N2O7P/c1-3-5-7-9-11-13-15-17-18-19-20-22-23-25-27-29-31-33-39(45)37-42(47)44-40(38-51-52(48,49)50-36-35-43)41(46)34-32-30-28-26-24-21-16-14-12-10-8-6-4-2/h19-20,32,34,39-41,45-46H,3-18,21-31,33,35-38,43H2,1-2H3,(H,44,47)(H,48,49)/b20-19-,34-32+. The normalized spacial score (nSPS) is 15.0. The largest absolute Gasteiger partial charge is 0.472 e. The van der Waals surface area contributed by atoms with E-state index < -0.39 is 38.6 Å². The van der Waals surface area contributed by atoms with Gasteiger partial charge in [-0.05, 0) is 44.9 Å². The Kier molecular flexibility index (Phi) is 37.4. The van der Waals surface area contributed by atoms with E-state index >= 15 is 0 Å². The van der Waals surface area contributed by atoms with Crippen molar-refractivity contribution in [3.63, 3.8) is 0 Å². The second kappa shape index (κ2) is 38.2. The Balaban J connectivity index is 4.32. The predicted molar refractivity (Wildman–Crippen MR) is 218 cm³/mol. The number of phosphoric ester groups is 1. The molecular formula is C42H83N2O7P. The quantitative estimate of drug-likeness (QED) is 0.0235. The lowest BCUT2D eigenvalue weighted by Gasteiger charge is -2.24. The van der Waals surface area contributed by atoms with E-state index in [0.29, 0.717) is 6.42 Å². The van der Waals surface area contributed by atoms with Gasteiger partial charge in [0.25, 0.3) is 0 Å². The summed E-state index contributed by atoms with van der Waals surface area (Å²) < 4.78 is 22.0. The number of hydrogen-bond acceptors (Lipinski definition) is 7. The monoisotopic (exact) mass is 759 g/mol. The first-order valence-corrected chi connectivity index (χ1v) is 23.0. The average Bonchev–Trinajstić information content (AvgIpc) is 3.12. The second-order valence-electron chi connectivity index (χ2n) is 14.7. The summed E-state index contributed by atoms with van der Waals surface area (Å²) >= 11 is 0. The van der Waals surface area contributed by atoms with Crippen LogP contribution in [-0.2, 0) is 18.4 Å². The van der Waals surface area contributed by atoms with Crippen molar-refractivity contribution in [1.82, 2.24) is 5.32 Å². The minimum Gasteiger partial charge on any atom is -0.393 e. The fraction of sp³-hybridized carbons (Fsp3) is 0.881. The van der Waals surface area contributed by atoms with Crippen molar-refractivity contribution in [3.05, 3.63) is 24.3 Å². The van der Waals surface area contributed by atoms with Gasteiger partial charge in [-0.2, -0.15) is 0 Å². The van der Waals surface area contributed by atoms with Gasteiger partial charge >= 0.3 is 7.82 Å². The third-order valence-electron chi connectivity index (χ3n) is 9.58. The molecule has 1 amide bonds. The third-order valence-corrected chi connectivity index (χ3v) is 10.6. The van der Waals surface area contributed by atoms with E-state index in [-0.39, 0.29) is 19.6 Å². The van der Waals surface area contributed by atoms with Crippen LogP contribution in [0, 0.1) is 0 Å². The highest BCUT2D eigenvalue weighted by Gasteiger charge is 2.27. The number of hydrogen-bond donors (Lipinski definition) is 5. The lowest BCUT2D eigenvalue weighted by atomic mass is 10.0. The van der Waals surface area contributed by atoms with Crippen LogP contribution in [0.4, 0.5) is 0 Å². The van der Waals surface area contributed by atoms with Gasteiger partial charge < -0.3 is 26.2 Å². The first kappa shape index (κ1) is 50.9. The number of phosphoric acid groups is 1. The van der Waals surface area contributed by atoms with Crippen LogP contribution in [0.5, 0.6) is 0 Å². The molecule has 0 aromatic carbocycles. The van der Waals surface area contributed by atoms with E-state index in [1.54, 1.807) is 6.08 Å². The number of amides is 1. The fourth-order valence-electron chi connectivity index (χ4n) is 6.29. The van der Waals surface area contributed by atoms with Gasteiger partial charge in [0, 0.05) is 6.54 Å². The minimum atomic E-state index is -4.40. The molecule has 0 rings (SSSR count). The van der Waals surface area contributed by atoms with E-state index in [1.807, 2.05) is 6.08 Å². The van der Waals surface area contributed by atoms with Gasteiger partial charge in [-0.15, -0.1) is 0 Å². The molecular weight excluding hydrogens is 675 g/mol. The van der Waals surface area contributed by atoms with Crippen LogP contribution in [0.2, 0.25) is 0 Å². The maximum absolute atomic E-state index is 12.8. The number of carbonyl (C=O) groups excluding carboxylic acids is 1. The van der Waals surface area contributed by atoms with Gasteiger partial charge in [0.15, 0.2) is 0 Å². The van der Waals surface area contributed by atoms with Crippen LogP contribution in [-0.4, -0.2) is 59.0 Å². The van der Waals surface area contributed by atoms with Crippen molar-refractivity contribution < 1.29 is 33.5 Å². The van der Waals surface area contributed by atoms with Crippen LogP contribution in [0.15, 0.2) is 24.3 Å². The van der Waals surface area contributed by atoms with Crippen LogP contribution < -0.4 is 11.1 Å². The Morgan fingerprint density at radius 1 is 0.654 bits per heavy atom. The molecule has 0 saturated heterocycles.